The zero-order valence-corrected chi connectivity index (χ0v) is 33.6. The number of hydrogen-bond acceptors (Lipinski definition) is 11. The maximum absolute atomic E-state index is 14.2. The monoisotopic (exact) mass is 805 g/mol. The molecule has 4 aromatic rings. The molecule has 0 saturated carbocycles. The molecule has 1 aromatic heterocycles. The van der Waals surface area contributed by atoms with E-state index in [1.165, 1.54) is 18.1 Å². The number of esters is 1. The molecule has 2 aliphatic heterocycles. The van der Waals surface area contributed by atoms with Crippen LogP contribution in [0, 0.1) is 0 Å². The molecule has 56 heavy (non-hydrogen) atoms. The molecule has 0 bridgehead atoms. The second-order valence-corrected chi connectivity index (χ2v) is 15.1. The number of methoxy groups -OCH3 is 1. The normalized spacial score (nSPS) is 16.9. The van der Waals surface area contributed by atoms with Crippen molar-refractivity contribution >= 4 is 41.0 Å². The number of aromatic nitrogens is 4. The van der Waals surface area contributed by atoms with E-state index in [0.717, 1.165) is 37.2 Å². The van der Waals surface area contributed by atoms with Crippen LogP contribution >= 0.6 is 23.2 Å². The van der Waals surface area contributed by atoms with Gasteiger partial charge in [0.15, 0.2) is 0 Å². The molecule has 2 aliphatic rings. The number of nitrogens with zero attached hydrogens (tertiary/aromatic N) is 8. The van der Waals surface area contributed by atoms with Gasteiger partial charge < -0.3 is 19.3 Å². The van der Waals surface area contributed by atoms with Crippen LogP contribution in [-0.2, 0) is 19.7 Å². The number of tetrazole rings is 1. The summed E-state index contributed by atoms with van der Waals surface area (Å²) in [5.74, 6) is -0.0677. The number of benzene rings is 3. The Morgan fingerprint density at radius 3 is 2.34 bits per heavy atom. The highest BCUT2D eigenvalue weighted by atomic mass is 35.5. The predicted molar refractivity (Wildman–Crippen MR) is 213 cm³/mol. The van der Waals surface area contributed by atoms with Crippen molar-refractivity contribution in [1.29, 1.82) is 0 Å². The largest absolute Gasteiger partial charge is 0.496 e. The van der Waals surface area contributed by atoms with Gasteiger partial charge in [-0.05, 0) is 97.7 Å². The molecule has 0 unspecified atom stereocenters. The maximum atomic E-state index is 14.2. The van der Waals surface area contributed by atoms with E-state index >= 15 is 0 Å². The minimum Gasteiger partial charge on any atom is -0.496 e. The standard InChI is InChI=1S/C40H49Cl2N9O5/c1-4-56-37(52)27-49-20-22-50(23-21-49)44-39(54)40(31-8-6-5-7-9-31)15-18-48(19-16-40)17-14-30(29-10-12-34(41)35(42)24-29)26-47(2)38(53)33-25-32(11-13-36(33)55-3)51-28-43-45-46-51/h5-13,24-25,28,30H,4,14-23,26-27H2,1-3H3,(H,44,54)/t30-/m1/s1. The first-order valence-corrected chi connectivity index (χ1v) is 19.7. The molecule has 1 N–H and O–H groups in total. The van der Waals surface area contributed by atoms with Crippen molar-refractivity contribution in [3.63, 3.8) is 0 Å². The van der Waals surface area contributed by atoms with Gasteiger partial charge in [0.2, 0.25) is 5.91 Å². The van der Waals surface area contributed by atoms with Crippen LogP contribution in [-0.4, -0.2) is 137 Å². The fourth-order valence-electron chi connectivity index (χ4n) is 7.59. The van der Waals surface area contributed by atoms with Crippen LogP contribution in [0.4, 0.5) is 0 Å². The van der Waals surface area contributed by atoms with Gasteiger partial charge in [-0.3, -0.25) is 24.7 Å². The summed E-state index contributed by atoms with van der Waals surface area (Å²) in [4.78, 5) is 46.4. The molecule has 298 valence electrons. The Balaban J connectivity index is 1.12. The number of nitrogens with one attached hydrogen (secondary N) is 1. The zero-order valence-electron chi connectivity index (χ0n) is 32.1. The minimum atomic E-state index is -0.689. The van der Waals surface area contributed by atoms with Crippen LogP contribution in [0.5, 0.6) is 5.75 Å². The van der Waals surface area contributed by atoms with Gasteiger partial charge in [0.05, 0.1) is 47.0 Å². The van der Waals surface area contributed by atoms with Crippen LogP contribution < -0.4 is 10.2 Å². The lowest BCUT2D eigenvalue weighted by atomic mass is 9.72. The number of hydrazine groups is 1. The summed E-state index contributed by atoms with van der Waals surface area (Å²) in [6.07, 6.45) is 3.51. The third-order valence-corrected chi connectivity index (χ3v) is 11.6. The highest BCUT2D eigenvalue weighted by molar-refractivity contribution is 6.42. The molecule has 1 atom stereocenters. The van der Waals surface area contributed by atoms with E-state index in [-0.39, 0.29) is 30.2 Å². The molecule has 2 fully saturated rings. The molecule has 3 heterocycles. The number of carbonyl (C=O) groups is 3. The van der Waals surface area contributed by atoms with Gasteiger partial charge in [0.1, 0.15) is 12.1 Å². The van der Waals surface area contributed by atoms with Crippen LogP contribution in [0.25, 0.3) is 5.69 Å². The van der Waals surface area contributed by atoms with Gasteiger partial charge in [-0.25, -0.2) is 9.69 Å². The van der Waals surface area contributed by atoms with E-state index in [0.29, 0.717) is 79.2 Å². The van der Waals surface area contributed by atoms with E-state index in [9.17, 15) is 14.4 Å². The fraction of sp³-hybridized carbons (Fsp3) is 0.450. The van der Waals surface area contributed by atoms with E-state index in [1.54, 1.807) is 43.1 Å². The first-order chi connectivity index (χ1) is 27.1. The average molecular weight is 807 g/mol. The second kappa shape index (κ2) is 19.0. The summed E-state index contributed by atoms with van der Waals surface area (Å²) in [6, 6.07) is 20.9. The van der Waals surface area contributed by atoms with Gasteiger partial charge in [0, 0.05) is 45.7 Å². The second-order valence-electron chi connectivity index (χ2n) is 14.3. The van der Waals surface area contributed by atoms with Crippen LogP contribution in [0.15, 0.2) is 73.1 Å². The number of likely N-dealkylation sites (tertiary alicyclic amines) is 1. The van der Waals surface area contributed by atoms with Gasteiger partial charge in [-0.15, -0.1) is 5.10 Å². The highest BCUT2D eigenvalue weighted by Crippen LogP contribution is 2.37. The Kier molecular flexibility index (Phi) is 13.9. The molecule has 2 saturated heterocycles. The lowest BCUT2D eigenvalue weighted by Gasteiger charge is -2.43. The molecule has 0 spiro atoms. The van der Waals surface area contributed by atoms with E-state index < -0.39 is 5.41 Å². The summed E-state index contributed by atoms with van der Waals surface area (Å²) < 4.78 is 12.2. The molecule has 0 radical (unpaired) electrons. The lowest BCUT2D eigenvalue weighted by Crippen LogP contribution is -2.59. The van der Waals surface area contributed by atoms with Crippen molar-refractivity contribution in [1.82, 2.24) is 45.3 Å². The Bertz CT molecular complexity index is 1940. The number of amides is 2. The first kappa shape index (κ1) is 41.0. The third kappa shape index (κ3) is 9.85. The highest BCUT2D eigenvalue weighted by Gasteiger charge is 2.43. The van der Waals surface area contributed by atoms with Crippen molar-refractivity contribution in [2.75, 3.05) is 79.7 Å². The molecular formula is C40H49Cl2N9O5. The lowest BCUT2D eigenvalue weighted by molar-refractivity contribution is -0.145. The Morgan fingerprint density at radius 2 is 1.68 bits per heavy atom. The number of piperidine rings is 1. The van der Waals surface area contributed by atoms with E-state index in [4.69, 9.17) is 32.7 Å². The smallest absolute Gasteiger partial charge is 0.320 e. The first-order valence-electron chi connectivity index (χ1n) is 18.9. The number of likely N-dealkylation sites (N-methyl/N-ethyl adjacent to an activating group) is 1. The zero-order chi connectivity index (χ0) is 39.7. The van der Waals surface area contributed by atoms with Crippen LogP contribution in [0.2, 0.25) is 10.0 Å². The van der Waals surface area contributed by atoms with Gasteiger partial charge in [-0.1, -0.05) is 59.6 Å². The molecule has 14 nitrogen and oxygen atoms in total. The molecule has 6 rings (SSSR count). The molecule has 0 aliphatic carbocycles. The number of carbonyl (C=O) groups excluding carboxylic acids is 3. The topological polar surface area (TPSA) is 138 Å². The van der Waals surface area contributed by atoms with Gasteiger partial charge in [-0.2, -0.15) is 0 Å². The molecule has 2 amide bonds. The fourth-order valence-corrected chi connectivity index (χ4v) is 7.90. The quantitative estimate of drug-likeness (QED) is 0.171. The van der Waals surface area contributed by atoms with Crippen molar-refractivity contribution in [2.24, 2.45) is 0 Å². The van der Waals surface area contributed by atoms with E-state index in [1.807, 2.05) is 47.5 Å². The minimum absolute atomic E-state index is 0.00408. The van der Waals surface area contributed by atoms with Crippen molar-refractivity contribution in [2.45, 2.75) is 37.5 Å². The number of rotatable bonds is 15. The summed E-state index contributed by atoms with van der Waals surface area (Å²) in [6.45, 7) is 7.58. The number of piperazine rings is 1. The number of ether oxygens (including phenoxy) is 2. The SMILES string of the molecule is CCOC(=O)CN1CCN(NC(=O)C2(c3ccccc3)CCN(CC[C@H](CN(C)C(=O)c3cc(-n4cnnn4)ccc3OC)c3ccc(Cl)c(Cl)c3)CC2)CC1. The van der Waals surface area contributed by atoms with Gasteiger partial charge >= 0.3 is 5.97 Å². The number of halogens is 2. The Labute approximate surface area is 337 Å². The average Bonchev–Trinajstić information content (AvgIpc) is 3.77. The van der Waals surface area contributed by atoms with Crippen molar-refractivity contribution in [3.8, 4) is 11.4 Å². The van der Waals surface area contributed by atoms with Crippen LogP contribution in [0.1, 0.15) is 53.6 Å². The summed E-state index contributed by atoms with van der Waals surface area (Å²) in [7, 11) is 3.32. The van der Waals surface area contributed by atoms with Crippen molar-refractivity contribution < 1.29 is 23.9 Å². The molecule has 3 aromatic carbocycles. The maximum Gasteiger partial charge on any atom is 0.320 e. The Morgan fingerprint density at radius 1 is 0.929 bits per heavy atom. The number of hydrogen-bond donors (Lipinski definition) is 1. The van der Waals surface area contributed by atoms with Gasteiger partial charge in [0.25, 0.3) is 5.91 Å². The molecule has 16 heteroatoms. The summed E-state index contributed by atoms with van der Waals surface area (Å²) >= 11 is 12.8. The summed E-state index contributed by atoms with van der Waals surface area (Å²) in [5, 5.41) is 14.3. The third-order valence-electron chi connectivity index (χ3n) is 10.8. The summed E-state index contributed by atoms with van der Waals surface area (Å²) in [5.41, 5.74) is 5.56. The van der Waals surface area contributed by atoms with E-state index in [2.05, 4.69) is 30.8 Å². The molecular weight excluding hydrogens is 757 g/mol. The predicted octanol–water partition coefficient (Wildman–Crippen LogP) is 4.47. The van der Waals surface area contributed by atoms with Crippen LogP contribution in [0.3, 0.4) is 0 Å². The van der Waals surface area contributed by atoms with Crippen molar-refractivity contribution in [3.05, 3.63) is 99.8 Å². The Hall–Kier alpha value is -4.60.